The van der Waals surface area contributed by atoms with E-state index in [2.05, 4.69) is 20.8 Å². The minimum Gasteiger partial charge on any atom is -0.483 e. The van der Waals surface area contributed by atoms with Gasteiger partial charge < -0.3 is 19.9 Å². The van der Waals surface area contributed by atoms with Crippen molar-refractivity contribution in [3.8, 4) is 5.75 Å². The fourth-order valence-electron chi connectivity index (χ4n) is 4.81. The topological polar surface area (TPSA) is 98.1 Å². The molecule has 1 aliphatic rings. The van der Waals surface area contributed by atoms with Crippen molar-refractivity contribution in [2.45, 2.75) is 63.9 Å². The number of fused-ring (bicyclic) bond motifs is 1. The van der Waals surface area contributed by atoms with Gasteiger partial charge in [-0.05, 0) is 62.8 Å². The number of carbonyl (C=O) groups excluding carboxylic acids is 2. The summed E-state index contributed by atoms with van der Waals surface area (Å²) in [5, 5.41) is 16.1. The van der Waals surface area contributed by atoms with Crippen LogP contribution in [0.3, 0.4) is 0 Å². The van der Waals surface area contributed by atoms with Crippen LogP contribution in [0.2, 0.25) is 0 Å². The van der Waals surface area contributed by atoms with Crippen molar-refractivity contribution in [1.82, 2.24) is 20.1 Å². The number of thioether (sulfide) groups is 1. The number of nitrogens with zero attached hydrogens (tertiary/aromatic N) is 3. The minimum absolute atomic E-state index is 0.144. The van der Waals surface area contributed by atoms with Crippen molar-refractivity contribution < 1.29 is 14.3 Å². The Labute approximate surface area is 242 Å². The molecule has 0 saturated carbocycles. The Morgan fingerprint density at radius 3 is 2.52 bits per heavy atom. The van der Waals surface area contributed by atoms with Gasteiger partial charge in [0.25, 0.3) is 5.91 Å². The number of benzene rings is 2. The Morgan fingerprint density at radius 1 is 1.05 bits per heavy atom. The molecule has 2 aromatic heterocycles. The van der Waals surface area contributed by atoms with E-state index in [4.69, 9.17) is 4.74 Å². The predicted octanol–water partition coefficient (Wildman–Crippen LogP) is 6.04. The standard InChI is InChI=1S/C30H33N5O3S2/c1-3-35-27(20(2)38-22-14-8-5-9-15-22)33-34-30(35)39-19-25(36)32-29-26(23-16-10-11-17-24(23)40-29)28(37)31-18-21-12-6-4-7-13-21/h4-9,12-15,20H,3,10-11,16-19H2,1-2H3,(H,31,37)(H,32,36)/t20-/m0/s1. The Balaban J connectivity index is 1.25. The van der Waals surface area contributed by atoms with Crippen LogP contribution in [0.5, 0.6) is 5.75 Å². The lowest BCUT2D eigenvalue weighted by molar-refractivity contribution is -0.113. The highest BCUT2D eigenvalue weighted by Crippen LogP contribution is 2.38. The second kappa shape index (κ2) is 13.1. The van der Waals surface area contributed by atoms with E-state index < -0.39 is 0 Å². The largest absolute Gasteiger partial charge is 0.483 e. The maximum absolute atomic E-state index is 13.3. The first kappa shape index (κ1) is 27.9. The molecule has 0 unspecified atom stereocenters. The molecule has 2 heterocycles. The van der Waals surface area contributed by atoms with Crippen LogP contribution in [0.4, 0.5) is 5.00 Å². The predicted molar refractivity (Wildman–Crippen MR) is 159 cm³/mol. The van der Waals surface area contributed by atoms with Gasteiger partial charge in [-0.1, -0.05) is 60.3 Å². The molecular formula is C30H33N5O3S2. The molecule has 40 heavy (non-hydrogen) atoms. The molecule has 2 aromatic carbocycles. The van der Waals surface area contributed by atoms with Crippen LogP contribution >= 0.6 is 23.1 Å². The third-order valence-corrected chi connectivity index (χ3v) is 8.93. The summed E-state index contributed by atoms with van der Waals surface area (Å²) < 4.78 is 8.01. The lowest BCUT2D eigenvalue weighted by Gasteiger charge is -2.15. The number of ether oxygens (including phenoxy) is 1. The number of anilines is 1. The molecule has 1 atom stereocenters. The van der Waals surface area contributed by atoms with Gasteiger partial charge in [-0.2, -0.15) is 0 Å². The number of aryl methyl sites for hydroxylation is 1. The average molecular weight is 576 g/mol. The van der Waals surface area contributed by atoms with Crippen LogP contribution in [0, 0.1) is 0 Å². The van der Waals surface area contributed by atoms with Gasteiger partial charge in [-0.3, -0.25) is 9.59 Å². The van der Waals surface area contributed by atoms with Gasteiger partial charge in [-0.15, -0.1) is 21.5 Å². The third kappa shape index (κ3) is 6.56. The molecule has 0 spiro atoms. The molecule has 8 nitrogen and oxygen atoms in total. The number of amides is 2. The van der Waals surface area contributed by atoms with E-state index in [1.165, 1.54) is 28.0 Å². The molecule has 0 bridgehead atoms. The molecule has 2 amide bonds. The molecule has 0 saturated heterocycles. The van der Waals surface area contributed by atoms with Crippen LogP contribution in [-0.2, 0) is 30.7 Å². The molecule has 2 N–H and O–H groups in total. The molecule has 4 aromatic rings. The molecule has 10 heteroatoms. The number of rotatable bonds is 11. The van der Waals surface area contributed by atoms with Crippen molar-refractivity contribution in [3.63, 3.8) is 0 Å². The number of para-hydroxylation sites is 1. The number of hydrogen-bond acceptors (Lipinski definition) is 7. The highest BCUT2D eigenvalue weighted by molar-refractivity contribution is 7.99. The Morgan fingerprint density at radius 2 is 1.77 bits per heavy atom. The summed E-state index contributed by atoms with van der Waals surface area (Å²) in [6.07, 6.45) is 3.65. The van der Waals surface area contributed by atoms with Crippen LogP contribution < -0.4 is 15.4 Å². The maximum atomic E-state index is 13.3. The highest BCUT2D eigenvalue weighted by Gasteiger charge is 2.27. The van der Waals surface area contributed by atoms with E-state index in [0.717, 1.165) is 42.6 Å². The second-order valence-electron chi connectivity index (χ2n) is 9.58. The van der Waals surface area contributed by atoms with Gasteiger partial charge in [-0.25, -0.2) is 0 Å². The molecular weight excluding hydrogens is 542 g/mol. The normalized spacial score (nSPS) is 13.3. The fourth-order valence-corrected chi connectivity index (χ4v) is 6.93. The number of nitrogens with one attached hydrogen (secondary N) is 2. The van der Waals surface area contributed by atoms with E-state index in [1.54, 1.807) is 0 Å². The summed E-state index contributed by atoms with van der Waals surface area (Å²) in [6, 6.07) is 19.4. The Bertz CT molecular complexity index is 1450. The van der Waals surface area contributed by atoms with Crippen molar-refractivity contribution in [3.05, 3.63) is 88.1 Å². The zero-order valence-corrected chi connectivity index (χ0v) is 24.3. The molecule has 1 aliphatic carbocycles. The van der Waals surface area contributed by atoms with Gasteiger partial charge in [0.2, 0.25) is 5.91 Å². The lowest BCUT2D eigenvalue weighted by Crippen LogP contribution is -2.25. The van der Waals surface area contributed by atoms with E-state index in [9.17, 15) is 9.59 Å². The van der Waals surface area contributed by atoms with Crippen LogP contribution in [0.25, 0.3) is 0 Å². The third-order valence-electron chi connectivity index (χ3n) is 6.76. The van der Waals surface area contributed by atoms with E-state index in [0.29, 0.717) is 34.6 Å². The minimum atomic E-state index is -0.299. The van der Waals surface area contributed by atoms with Crippen molar-refractivity contribution in [2.24, 2.45) is 0 Å². The number of carbonyl (C=O) groups is 2. The summed E-state index contributed by atoms with van der Waals surface area (Å²) in [5.74, 6) is 1.30. The van der Waals surface area contributed by atoms with Gasteiger partial charge in [0.15, 0.2) is 17.1 Å². The quantitative estimate of drug-likeness (QED) is 0.212. The monoisotopic (exact) mass is 575 g/mol. The van der Waals surface area contributed by atoms with Crippen molar-refractivity contribution in [1.29, 1.82) is 0 Å². The van der Waals surface area contributed by atoms with E-state index in [-0.39, 0.29) is 23.7 Å². The maximum Gasteiger partial charge on any atom is 0.254 e. The van der Waals surface area contributed by atoms with Gasteiger partial charge in [0.1, 0.15) is 10.8 Å². The number of hydrogen-bond donors (Lipinski definition) is 2. The number of aromatic nitrogens is 3. The van der Waals surface area contributed by atoms with Gasteiger partial charge >= 0.3 is 0 Å². The van der Waals surface area contributed by atoms with E-state index >= 15 is 0 Å². The first-order valence-electron chi connectivity index (χ1n) is 13.6. The molecule has 208 valence electrons. The average Bonchev–Trinajstić information content (AvgIpc) is 3.56. The fraction of sp³-hybridized carbons (Fsp3) is 0.333. The zero-order chi connectivity index (χ0) is 27.9. The Kier molecular flexibility index (Phi) is 9.18. The van der Waals surface area contributed by atoms with Gasteiger partial charge in [0.05, 0.1) is 11.3 Å². The molecule has 0 fully saturated rings. The summed E-state index contributed by atoms with van der Waals surface area (Å²) in [7, 11) is 0. The van der Waals surface area contributed by atoms with Gasteiger partial charge in [0, 0.05) is 18.0 Å². The van der Waals surface area contributed by atoms with Crippen LogP contribution in [0.15, 0.2) is 65.8 Å². The van der Waals surface area contributed by atoms with Crippen molar-refractivity contribution in [2.75, 3.05) is 11.1 Å². The summed E-state index contributed by atoms with van der Waals surface area (Å²) in [6.45, 7) is 5.04. The summed E-state index contributed by atoms with van der Waals surface area (Å²) in [4.78, 5) is 27.6. The number of thiophene rings is 1. The first-order valence-corrected chi connectivity index (χ1v) is 15.4. The zero-order valence-electron chi connectivity index (χ0n) is 22.7. The summed E-state index contributed by atoms with van der Waals surface area (Å²) in [5.41, 5.74) is 2.72. The highest BCUT2D eigenvalue weighted by atomic mass is 32.2. The van der Waals surface area contributed by atoms with Crippen LogP contribution in [-0.4, -0.2) is 32.3 Å². The second-order valence-corrected chi connectivity index (χ2v) is 11.6. The lowest BCUT2D eigenvalue weighted by atomic mass is 9.95. The van der Waals surface area contributed by atoms with E-state index in [1.807, 2.05) is 79.1 Å². The SMILES string of the molecule is CCn1c(SCC(=O)Nc2sc3c(c2C(=O)NCc2ccccc2)CCCC3)nnc1[C@H](C)Oc1ccccc1. The molecule has 5 rings (SSSR count). The van der Waals surface area contributed by atoms with Crippen LogP contribution in [0.1, 0.15) is 65.0 Å². The smallest absolute Gasteiger partial charge is 0.254 e. The first-order chi connectivity index (χ1) is 19.5. The molecule has 0 radical (unpaired) electrons. The molecule has 0 aliphatic heterocycles. The summed E-state index contributed by atoms with van der Waals surface area (Å²) >= 11 is 2.85. The van der Waals surface area contributed by atoms with Crippen molar-refractivity contribution >= 4 is 39.9 Å². The Hall–Kier alpha value is -3.63.